The van der Waals surface area contributed by atoms with E-state index in [0.717, 1.165) is 12.8 Å². The third-order valence-electron chi connectivity index (χ3n) is 6.77. The normalized spacial score (nSPS) is 17.3. The molecule has 0 aliphatic carbocycles. The van der Waals surface area contributed by atoms with Crippen LogP contribution in [0.1, 0.15) is 12.8 Å². The van der Waals surface area contributed by atoms with E-state index in [1.54, 1.807) is 47.4 Å². The average molecular weight is 499 g/mol. The van der Waals surface area contributed by atoms with E-state index in [4.69, 9.17) is 0 Å². The Labute approximate surface area is 203 Å². The molecule has 0 unspecified atom stereocenters. The molecule has 1 aromatic heterocycles. The number of carbonyl (C=O) groups is 1. The SMILES string of the molecule is O=C(Cn1cc(S(=O)(=O)N2CCN(c3ccccc3F)CC2)c2ccccc2c1=O)N1CCCC1. The molecular formula is C25H27FN4O4S. The van der Waals surface area contributed by atoms with Gasteiger partial charge in [-0.2, -0.15) is 4.31 Å². The minimum atomic E-state index is -3.97. The first-order valence-corrected chi connectivity index (χ1v) is 13.2. The zero-order chi connectivity index (χ0) is 24.6. The molecule has 5 rings (SSSR count). The van der Waals surface area contributed by atoms with Gasteiger partial charge in [0, 0.05) is 56.2 Å². The zero-order valence-corrected chi connectivity index (χ0v) is 20.1. The van der Waals surface area contributed by atoms with Gasteiger partial charge in [0.15, 0.2) is 0 Å². The Morgan fingerprint density at radius 3 is 2.17 bits per heavy atom. The summed E-state index contributed by atoms with van der Waals surface area (Å²) < 4.78 is 44.3. The molecule has 2 fully saturated rings. The highest BCUT2D eigenvalue weighted by Gasteiger charge is 2.32. The van der Waals surface area contributed by atoms with Crippen molar-refractivity contribution < 1.29 is 17.6 Å². The summed E-state index contributed by atoms with van der Waals surface area (Å²) >= 11 is 0. The number of carbonyl (C=O) groups excluding carboxylic acids is 1. The molecule has 0 saturated carbocycles. The first-order chi connectivity index (χ1) is 16.9. The summed E-state index contributed by atoms with van der Waals surface area (Å²) in [6, 6.07) is 13.0. The summed E-state index contributed by atoms with van der Waals surface area (Å²) in [5.41, 5.74) is 0.0560. The van der Waals surface area contributed by atoms with Crippen LogP contribution in [0, 0.1) is 5.82 Å². The van der Waals surface area contributed by atoms with Crippen molar-refractivity contribution in [3.63, 3.8) is 0 Å². The smallest absolute Gasteiger partial charge is 0.258 e. The first-order valence-electron chi connectivity index (χ1n) is 11.8. The molecule has 0 radical (unpaired) electrons. The minimum Gasteiger partial charge on any atom is -0.367 e. The maximum absolute atomic E-state index is 14.2. The number of aromatic nitrogens is 1. The van der Waals surface area contributed by atoms with Crippen LogP contribution in [-0.4, -0.2) is 67.4 Å². The van der Waals surface area contributed by atoms with Gasteiger partial charge in [0.1, 0.15) is 17.3 Å². The van der Waals surface area contributed by atoms with Gasteiger partial charge < -0.3 is 14.4 Å². The highest BCUT2D eigenvalue weighted by molar-refractivity contribution is 7.89. The molecule has 0 atom stereocenters. The van der Waals surface area contributed by atoms with Crippen LogP contribution in [0.2, 0.25) is 0 Å². The molecule has 0 bridgehead atoms. The second-order valence-corrected chi connectivity index (χ2v) is 10.8. The molecule has 2 aliphatic rings. The van der Waals surface area contributed by atoms with E-state index in [2.05, 4.69) is 0 Å². The molecule has 2 saturated heterocycles. The van der Waals surface area contributed by atoms with Gasteiger partial charge in [-0.3, -0.25) is 9.59 Å². The molecule has 3 aromatic rings. The van der Waals surface area contributed by atoms with Crippen LogP contribution in [0.4, 0.5) is 10.1 Å². The summed E-state index contributed by atoms with van der Waals surface area (Å²) in [5.74, 6) is -0.536. The summed E-state index contributed by atoms with van der Waals surface area (Å²) in [5, 5.41) is 0.590. The van der Waals surface area contributed by atoms with E-state index in [9.17, 15) is 22.4 Å². The molecule has 1 amide bonds. The number of likely N-dealkylation sites (tertiary alicyclic amines) is 1. The van der Waals surface area contributed by atoms with Crippen molar-refractivity contribution in [1.82, 2.24) is 13.8 Å². The van der Waals surface area contributed by atoms with Crippen molar-refractivity contribution >= 4 is 32.4 Å². The molecule has 8 nitrogen and oxygen atoms in total. The molecule has 2 aliphatic heterocycles. The van der Waals surface area contributed by atoms with Crippen molar-refractivity contribution in [3.8, 4) is 0 Å². The summed E-state index contributed by atoms with van der Waals surface area (Å²) in [6.07, 6.45) is 3.16. The fourth-order valence-electron chi connectivity index (χ4n) is 4.86. The number of nitrogens with zero attached hydrogens (tertiary/aromatic N) is 4. The number of hydrogen-bond acceptors (Lipinski definition) is 5. The number of piperazine rings is 1. The van der Waals surface area contributed by atoms with E-state index in [1.165, 1.54) is 21.1 Å². The third-order valence-corrected chi connectivity index (χ3v) is 8.70. The number of hydrogen-bond donors (Lipinski definition) is 0. The number of fused-ring (bicyclic) bond motifs is 1. The van der Waals surface area contributed by atoms with Gasteiger partial charge in [-0.1, -0.05) is 30.3 Å². The van der Waals surface area contributed by atoms with Crippen LogP contribution in [0.5, 0.6) is 0 Å². The lowest BCUT2D eigenvalue weighted by Gasteiger charge is -2.35. The predicted molar refractivity (Wildman–Crippen MR) is 131 cm³/mol. The number of para-hydroxylation sites is 1. The van der Waals surface area contributed by atoms with Gasteiger partial charge in [-0.15, -0.1) is 0 Å². The topological polar surface area (TPSA) is 82.9 Å². The quantitative estimate of drug-likeness (QED) is 0.539. The molecule has 0 spiro atoms. The van der Waals surface area contributed by atoms with E-state index >= 15 is 0 Å². The summed E-state index contributed by atoms with van der Waals surface area (Å²) in [4.78, 5) is 29.4. The van der Waals surface area contributed by atoms with Gasteiger partial charge in [-0.25, -0.2) is 12.8 Å². The van der Waals surface area contributed by atoms with Crippen molar-refractivity contribution in [3.05, 3.63) is 70.9 Å². The van der Waals surface area contributed by atoms with E-state index < -0.39 is 15.6 Å². The number of halogens is 1. The van der Waals surface area contributed by atoms with Crippen molar-refractivity contribution in [2.75, 3.05) is 44.2 Å². The van der Waals surface area contributed by atoms with Gasteiger partial charge in [0.25, 0.3) is 5.56 Å². The van der Waals surface area contributed by atoms with Crippen LogP contribution < -0.4 is 10.5 Å². The molecule has 3 heterocycles. The number of anilines is 1. The first kappa shape index (κ1) is 23.5. The molecule has 0 N–H and O–H groups in total. The Morgan fingerprint density at radius 1 is 0.857 bits per heavy atom. The number of rotatable bonds is 5. The Bertz CT molecular complexity index is 1420. The highest BCUT2D eigenvalue weighted by Crippen LogP contribution is 2.27. The molecule has 35 heavy (non-hydrogen) atoms. The number of benzene rings is 2. The van der Waals surface area contributed by atoms with Crippen LogP contribution in [0.15, 0.2) is 64.4 Å². The Balaban J connectivity index is 1.46. The van der Waals surface area contributed by atoms with E-state index in [1.807, 2.05) is 4.90 Å². The summed E-state index contributed by atoms with van der Waals surface area (Å²) in [6.45, 7) is 2.13. The standard InChI is InChI=1S/C25H27FN4O4S/c26-21-9-3-4-10-22(21)27-13-15-30(16-14-27)35(33,34)23-17-29(18-24(31)28-11-5-6-12-28)25(32)20-8-2-1-7-19(20)23/h1-4,7-10,17H,5-6,11-16,18H2. The molecule has 2 aromatic carbocycles. The van der Waals surface area contributed by atoms with E-state index in [-0.39, 0.29) is 41.6 Å². The zero-order valence-electron chi connectivity index (χ0n) is 19.3. The van der Waals surface area contributed by atoms with Crippen molar-refractivity contribution in [2.24, 2.45) is 0 Å². The van der Waals surface area contributed by atoms with Crippen molar-refractivity contribution in [2.45, 2.75) is 24.3 Å². The fourth-order valence-corrected chi connectivity index (χ4v) is 6.50. The van der Waals surface area contributed by atoms with Crippen LogP contribution in [0.3, 0.4) is 0 Å². The third kappa shape index (κ3) is 4.43. The summed E-state index contributed by atoms with van der Waals surface area (Å²) in [7, 11) is -3.97. The van der Waals surface area contributed by atoms with Gasteiger partial charge >= 0.3 is 0 Å². The second-order valence-electron chi connectivity index (χ2n) is 8.90. The van der Waals surface area contributed by atoms with Crippen molar-refractivity contribution in [1.29, 1.82) is 0 Å². The van der Waals surface area contributed by atoms with Crippen LogP contribution >= 0.6 is 0 Å². The average Bonchev–Trinajstić information content (AvgIpc) is 3.41. The largest absolute Gasteiger partial charge is 0.367 e. The van der Waals surface area contributed by atoms with Gasteiger partial charge in [0.2, 0.25) is 15.9 Å². The maximum Gasteiger partial charge on any atom is 0.258 e. The molecule has 184 valence electrons. The lowest BCUT2D eigenvalue weighted by Crippen LogP contribution is -2.49. The maximum atomic E-state index is 14.2. The Kier molecular flexibility index (Phi) is 6.33. The number of sulfonamides is 1. The predicted octanol–water partition coefficient (Wildman–Crippen LogP) is 2.27. The Morgan fingerprint density at radius 2 is 1.49 bits per heavy atom. The molecule has 10 heteroatoms. The van der Waals surface area contributed by atoms with Crippen LogP contribution in [0.25, 0.3) is 10.8 Å². The van der Waals surface area contributed by atoms with E-state index in [0.29, 0.717) is 37.3 Å². The minimum absolute atomic E-state index is 0.00117. The van der Waals surface area contributed by atoms with Gasteiger partial charge in [0.05, 0.1) is 5.69 Å². The number of pyridine rings is 1. The Hall–Kier alpha value is -3.24. The second kappa shape index (κ2) is 9.43. The van der Waals surface area contributed by atoms with Crippen LogP contribution in [-0.2, 0) is 21.4 Å². The number of amides is 1. The lowest BCUT2D eigenvalue weighted by atomic mass is 10.2. The van der Waals surface area contributed by atoms with Gasteiger partial charge in [-0.05, 0) is 31.0 Å². The monoisotopic (exact) mass is 498 g/mol. The fraction of sp³-hybridized carbons (Fsp3) is 0.360. The molecular weight excluding hydrogens is 471 g/mol. The highest BCUT2D eigenvalue weighted by atomic mass is 32.2. The lowest BCUT2D eigenvalue weighted by molar-refractivity contribution is -0.130.